The molecular formula is C15H10ClFN2O. The van der Waals surface area contributed by atoms with Gasteiger partial charge in [0.2, 0.25) is 0 Å². The molecule has 1 aliphatic heterocycles. The lowest BCUT2D eigenvalue weighted by molar-refractivity contribution is -0.120. The van der Waals surface area contributed by atoms with E-state index >= 15 is 0 Å². The number of benzodiazepines with no additional fused rings is 1. The van der Waals surface area contributed by atoms with Gasteiger partial charge >= 0.3 is 0 Å². The summed E-state index contributed by atoms with van der Waals surface area (Å²) in [5.41, 5.74) is 2.25. The number of hydrogen-bond acceptors (Lipinski definition) is 2. The van der Waals surface area contributed by atoms with Crippen molar-refractivity contribution in [2.75, 3.05) is 5.32 Å². The minimum Gasteiger partial charge on any atom is -0.321 e. The summed E-state index contributed by atoms with van der Waals surface area (Å²) in [7, 11) is 0. The highest BCUT2D eigenvalue weighted by Gasteiger charge is 2.25. The van der Waals surface area contributed by atoms with Gasteiger partial charge in [0.25, 0.3) is 12.2 Å². The minimum atomic E-state index is -1.93. The van der Waals surface area contributed by atoms with Gasteiger partial charge in [-0.1, -0.05) is 41.9 Å². The lowest BCUT2D eigenvalue weighted by Crippen LogP contribution is -2.21. The van der Waals surface area contributed by atoms with Crippen LogP contribution in [-0.4, -0.2) is 17.9 Å². The van der Waals surface area contributed by atoms with Crippen molar-refractivity contribution in [3.05, 3.63) is 64.7 Å². The van der Waals surface area contributed by atoms with E-state index in [-0.39, 0.29) is 0 Å². The third-order valence-electron chi connectivity index (χ3n) is 3.00. The summed E-state index contributed by atoms with van der Waals surface area (Å²) in [4.78, 5) is 15.5. The van der Waals surface area contributed by atoms with E-state index in [1.165, 1.54) is 0 Å². The first-order valence-electron chi connectivity index (χ1n) is 6.03. The number of amides is 1. The molecule has 2 aromatic rings. The molecule has 0 aromatic heterocycles. The zero-order valence-corrected chi connectivity index (χ0v) is 11.1. The molecule has 100 valence electrons. The molecule has 0 bridgehead atoms. The highest BCUT2D eigenvalue weighted by atomic mass is 35.5. The van der Waals surface area contributed by atoms with Crippen LogP contribution in [-0.2, 0) is 4.79 Å². The van der Waals surface area contributed by atoms with Crippen LogP contribution in [0.2, 0.25) is 5.02 Å². The summed E-state index contributed by atoms with van der Waals surface area (Å²) in [6.07, 6.45) is -1.93. The molecule has 1 unspecified atom stereocenters. The van der Waals surface area contributed by atoms with Crippen molar-refractivity contribution in [3.8, 4) is 0 Å². The second kappa shape index (κ2) is 5.06. The molecule has 1 amide bonds. The smallest absolute Gasteiger partial charge is 0.281 e. The third kappa shape index (κ3) is 2.30. The lowest BCUT2D eigenvalue weighted by atomic mass is 10.0. The van der Waals surface area contributed by atoms with Gasteiger partial charge in [0.1, 0.15) is 0 Å². The summed E-state index contributed by atoms with van der Waals surface area (Å²) in [6, 6.07) is 14.1. The number of nitrogens with zero attached hydrogens (tertiary/aromatic N) is 1. The number of hydrogen-bond donors (Lipinski definition) is 1. The Hall–Kier alpha value is -2.20. The van der Waals surface area contributed by atoms with Gasteiger partial charge in [0, 0.05) is 16.1 Å². The molecule has 1 aliphatic rings. The van der Waals surface area contributed by atoms with E-state index in [0.29, 0.717) is 22.0 Å². The Bertz CT molecular complexity index is 700. The van der Waals surface area contributed by atoms with Crippen LogP contribution in [0, 0.1) is 0 Å². The van der Waals surface area contributed by atoms with Gasteiger partial charge < -0.3 is 5.32 Å². The van der Waals surface area contributed by atoms with Crippen LogP contribution in [0.5, 0.6) is 0 Å². The van der Waals surface area contributed by atoms with Crippen molar-refractivity contribution in [1.29, 1.82) is 0 Å². The molecule has 0 fully saturated rings. The molecule has 20 heavy (non-hydrogen) atoms. The van der Waals surface area contributed by atoms with E-state index in [4.69, 9.17) is 11.6 Å². The summed E-state index contributed by atoms with van der Waals surface area (Å²) in [5.74, 6) is -0.778. The number of carbonyl (C=O) groups excluding carboxylic acids is 1. The van der Waals surface area contributed by atoms with Crippen LogP contribution in [0.15, 0.2) is 53.5 Å². The van der Waals surface area contributed by atoms with Crippen LogP contribution < -0.4 is 5.32 Å². The maximum atomic E-state index is 13.8. The number of halogens is 2. The van der Waals surface area contributed by atoms with Crippen molar-refractivity contribution < 1.29 is 9.18 Å². The van der Waals surface area contributed by atoms with E-state index in [1.54, 1.807) is 18.2 Å². The van der Waals surface area contributed by atoms with Crippen LogP contribution >= 0.6 is 11.6 Å². The predicted molar refractivity (Wildman–Crippen MR) is 77.1 cm³/mol. The highest BCUT2D eigenvalue weighted by Crippen LogP contribution is 2.27. The van der Waals surface area contributed by atoms with Crippen LogP contribution in [0.25, 0.3) is 0 Å². The van der Waals surface area contributed by atoms with Gasteiger partial charge in [-0.2, -0.15) is 0 Å². The number of nitrogens with one attached hydrogen (secondary N) is 1. The maximum Gasteiger partial charge on any atom is 0.281 e. The molecule has 1 atom stereocenters. The maximum absolute atomic E-state index is 13.8. The fourth-order valence-corrected chi connectivity index (χ4v) is 2.25. The van der Waals surface area contributed by atoms with Gasteiger partial charge in [-0.15, -0.1) is 0 Å². The first kappa shape index (κ1) is 12.8. The quantitative estimate of drug-likeness (QED) is 0.803. The fraction of sp³-hybridized carbons (Fsp3) is 0.0667. The molecular weight excluding hydrogens is 279 g/mol. The molecule has 0 aliphatic carbocycles. The molecule has 0 saturated heterocycles. The van der Waals surface area contributed by atoms with E-state index in [1.807, 2.05) is 30.3 Å². The first-order chi connectivity index (χ1) is 9.65. The van der Waals surface area contributed by atoms with Gasteiger partial charge in [-0.05, 0) is 18.2 Å². The van der Waals surface area contributed by atoms with Gasteiger partial charge in [-0.3, -0.25) is 4.79 Å². The largest absolute Gasteiger partial charge is 0.321 e. The number of alkyl halides is 1. The summed E-state index contributed by atoms with van der Waals surface area (Å²) < 4.78 is 13.8. The van der Waals surface area contributed by atoms with Crippen LogP contribution in [0.3, 0.4) is 0 Å². The average molecular weight is 289 g/mol. The Morgan fingerprint density at radius 3 is 2.65 bits per heavy atom. The normalized spacial score (nSPS) is 17.8. The zero-order valence-electron chi connectivity index (χ0n) is 10.3. The van der Waals surface area contributed by atoms with Crippen molar-refractivity contribution in [2.45, 2.75) is 6.30 Å². The van der Waals surface area contributed by atoms with Crippen molar-refractivity contribution in [2.24, 2.45) is 4.99 Å². The minimum absolute atomic E-state index is 0.411. The van der Waals surface area contributed by atoms with Crippen LogP contribution in [0.4, 0.5) is 10.1 Å². The molecule has 1 N–H and O–H groups in total. The molecule has 3 rings (SSSR count). The Morgan fingerprint density at radius 1 is 1.15 bits per heavy atom. The van der Waals surface area contributed by atoms with Gasteiger partial charge in [0.15, 0.2) is 0 Å². The number of rotatable bonds is 1. The number of anilines is 1. The molecule has 3 nitrogen and oxygen atoms in total. The van der Waals surface area contributed by atoms with Crippen molar-refractivity contribution in [1.82, 2.24) is 0 Å². The van der Waals surface area contributed by atoms with E-state index in [2.05, 4.69) is 10.3 Å². The van der Waals surface area contributed by atoms with Gasteiger partial charge in [0.05, 0.1) is 11.4 Å². The van der Waals surface area contributed by atoms with Crippen molar-refractivity contribution >= 4 is 28.9 Å². The molecule has 0 spiro atoms. The second-order valence-corrected chi connectivity index (χ2v) is 4.80. The topological polar surface area (TPSA) is 41.5 Å². The summed E-state index contributed by atoms with van der Waals surface area (Å²) >= 11 is 5.99. The van der Waals surface area contributed by atoms with E-state index < -0.39 is 12.2 Å². The zero-order chi connectivity index (χ0) is 14.1. The second-order valence-electron chi connectivity index (χ2n) is 4.36. The van der Waals surface area contributed by atoms with Gasteiger partial charge in [-0.25, -0.2) is 9.38 Å². The Kier molecular flexibility index (Phi) is 3.24. The summed E-state index contributed by atoms with van der Waals surface area (Å²) in [6.45, 7) is 0. The number of carbonyl (C=O) groups is 1. The van der Waals surface area contributed by atoms with E-state index in [9.17, 15) is 9.18 Å². The third-order valence-corrected chi connectivity index (χ3v) is 3.24. The monoisotopic (exact) mass is 288 g/mol. The number of benzene rings is 2. The Balaban J connectivity index is 2.23. The molecule has 0 saturated carbocycles. The van der Waals surface area contributed by atoms with E-state index in [0.717, 1.165) is 5.56 Å². The SMILES string of the molecule is O=C1Nc2ccc(Cl)cc2C(c2ccccc2)=NC1F. The first-order valence-corrected chi connectivity index (χ1v) is 6.41. The summed E-state index contributed by atoms with van der Waals surface area (Å²) in [5, 5.41) is 3.01. The average Bonchev–Trinajstić information content (AvgIpc) is 2.58. The molecule has 1 heterocycles. The standard InChI is InChI=1S/C15H10ClFN2O/c16-10-6-7-12-11(8-10)13(9-4-2-1-3-5-9)19-14(17)15(20)18-12/h1-8,14H,(H,18,20). The molecule has 5 heteroatoms. The predicted octanol–water partition coefficient (Wildman–Crippen LogP) is 3.43. The molecule has 0 radical (unpaired) electrons. The highest BCUT2D eigenvalue weighted by molar-refractivity contribution is 6.32. The Labute approximate surface area is 120 Å². The van der Waals surface area contributed by atoms with Crippen LogP contribution in [0.1, 0.15) is 11.1 Å². The lowest BCUT2D eigenvalue weighted by Gasteiger charge is -2.10. The molecule has 2 aromatic carbocycles. The number of fused-ring (bicyclic) bond motifs is 1. The van der Waals surface area contributed by atoms with Crippen molar-refractivity contribution in [3.63, 3.8) is 0 Å². The fourth-order valence-electron chi connectivity index (χ4n) is 2.08. The number of aliphatic imine (C=N–C) groups is 1. The Morgan fingerprint density at radius 2 is 1.90 bits per heavy atom.